The van der Waals surface area contributed by atoms with Crippen molar-refractivity contribution in [2.75, 3.05) is 7.05 Å². The molecule has 0 spiro atoms. The first-order valence-electron chi connectivity index (χ1n) is 7.37. The van der Waals surface area contributed by atoms with Crippen LogP contribution in [0.3, 0.4) is 0 Å². The second-order valence-corrected chi connectivity index (χ2v) is 5.99. The van der Waals surface area contributed by atoms with Gasteiger partial charge in [-0.15, -0.1) is 0 Å². The summed E-state index contributed by atoms with van der Waals surface area (Å²) in [7, 11) is 1.68. The fourth-order valence-electron chi connectivity index (χ4n) is 3.27. The van der Waals surface area contributed by atoms with Gasteiger partial charge in [-0.2, -0.15) is 13.2 Å². The Morgan fingerprint density at radius 2 is 1.76 bits per heavy atom. The fourth-order valence-corrected chi connectivity index (χ4v) is 3.27. The van der Waals surface area contributed by atoms with Gasteiger partial charge >= 0.3 is 6.18 Å². The van der Waals surface area contributed by atoms with Crippen molar-refractivity contribution in [3.63, 3.8) is 0 Å². The third-order valence-electron chi connectivity index (χ3n) is 4.51. The molecule has 1 unspecified atom stereocenters. The van der Waals surface area contributed by atoms with Gasteiger partial charge < -0.3 is 5.32 Å². The van der Waals surface area contributed by atoms with Crippen molar-refractivity contribution in [1.29, 1.82) is 0 Å². The van der Waals surface area contributed by atoms with E-state index < -0.39 is 17.6 Å². The van der Waals surface area contributed by atoms with Gasteiger partial charge in [-0.1, -0.05) is 31.9 Å². The first-order chi connectivity index (χ1) is 9.84. The molecule has 0 saturated heterocycles. The molecule has 0 amide bonds. The second-order valence-electron chi connectivity index (χ2n) is 5.99. The van der Waals surface area contributed by atoms with Crippen molar-refractivity contribution in [2.24, 2.45) is 11.8 Å². The number of benzene rings is 1. The van der Waals surface area contributed by atoms with Crippen molar-refractivity contribution in [3.05, 3.63) is 35.1 Å². The highest BCUT2D eigenvalue weighted by Gasteiger charge is 2.37. The highest BCUT2D eigenvalue weighted by molar-refractivity contribution is 5.31. The molecule has 1 atom stereocenters. The highest BCUT2D eigenvalue weighted by atomic mass is 19.4. The molecule has 1 aromatic carbocycles. The summed E-state index contributed by atoms with van der Waals surface area (Å²) in [5, 5.41) is 3.02. The number of hydrogen-bond acceptors (Lipinski definition) is 1. The summed E-state index contributed by atoms with van der Waals surface area (Å²) in [6, 6.07) is 3.19. The van der Waals surface area contributed by atoms with Gasteiger partial charge in [-0.3, -0.25) is 0 Å². The van der Waals surface area contributed by atoms with E-state index in [2.05, 4.69) is 12.2 Å². The van der Waals surface area contributed by atoms with Crippen molar-refractivity contribution in [2.45, 2.75) is 44.8 Å². The third kappa shape index (κ3) is 3.57. The molecular weight excluding hydrogens is 282 g/mol. The van der Waals surface area contributed by atoms with Gasteiger partial charge in [0, 0.05) is 11.6 Å². The average molecular weight is 303 g/mol. The summed E-state index contributed by atoms with van der Waals surface area (Å²) in [5.41, 5.74) is -1.05. The van der Waals surface area contributed by atoms with Crippen LogP contribution in [-0.4, -0.2) is 7.05 Å². The van der Waals surface area contributed by atoms with Gasteiger partial charge in [-0.25, -0.2) is 4.39 Å². The average Bonchev–Trinajstić information content (AvgIpc) is 2.42. The maximum Gasteiger partial charge on any atom is 0.419 e. The van der Waals surface area contributed by atoms with E-state index in [0.29, 0.717) is 5.92 Å². The Morgan fingerprint density at radius 1 is 1.14 bits per heavy atom. The molecule has 21 heavy (non-hydrogen) atoms. The minimum Gasteiger partial charge on any atom is -0.313 e. The number of alkyl halides is 3. The topological polar surface area (TPSA) is 12.0 Å². The maximum atomic E-state index is 14.3. The molecule has 0 radical (unpaired) electrons. The molecule has 1 aliphatic carbocycles. The monoisotopic (exact) mass is 303 g/mol. The second kappa shape index (κ2) is 6.34. The molecule has 0 aromatic heterocycles. The van der Waals surface area contributed by atoms with E-state index in [4.69, 9.17) is 0 Å². The SMILES string of the molecule is CNC(c1cccc(C(F)(F)F)c1F)C1CCC(C)CC1. The van der Waals surface area contributed by atoms with Crippen LogP contribution in [0.15, 0.2) is 18.2 Å². The number of hydrogen-bond donors (Lipinski definition) is 1. The molecule has 0 bridgehead atoms. The minimum atomic E-state index is -4.65. The van der Waals surface area contributed by atoms with E-state index in [1.807, 2.05) is 0 Å². The first kappa shape index (κ1) is 16.3. The lowest BCUT2D eigenvalue weighted by Crippen LogP contribution is -2.29. The summed E-state index contributed by atoms with van der Waals surface area (Å²) in [5.74, 6) is -0.308. The van der Waals surface area contributed by atoms with Crippen LogP contribution in [-0.2, 0) is 6.18 Å². The van der Waals surface area contributed by atoms with E-state index in [0.717, 1.165) is 31.7 Å². The van der Waals surface area contributed by atoms with Gasteiger partial charge in [0.25, 0.3) is 0 Å². The molecule has 1 aromatic rings. The van der Waals surface area contributed by atoms with Crippen LogP contribution in [0.2, 0.25) is 0 Å². The Labute approximate surface area is 122 Å². The van der Waals surface area contributed by atoms with Gasteiger partial charge in [0.2, 0.25) is 0 Å². The van der Waals surface area contributed by atoms with Crippen molar-refractivity contribution in [1.82, 2.24) is 5.32 Å². The highest BCUT2D eigenvalue weighted by Crippen LogP contribution is 2.40. The smallest absolute Gasteiger partial charge is 0.313 e. The van der Waals surface area contributed by atoms with E-state index >= 15 is 0 Å². The van der Waals surface area contributed by atoms with E-state index in [1.165, 1.54) is 12.1 Å². The predicted molar refractivity (Wildman–Crippen MR) is 74.3 cm³/mol. The molecule has 1 N–H and O–H groups in total. The third-order valence-corrected chi connectivity index (χ3v) is 4.51. The van der Waals surface area contributed by atoms with Crippen LogP contribution in [0.1, 0.15) is 49.8 Å². The quantitative estimate of drug-likeness (QED) is 0.781. The molecule has 0 aliphatic heterocycles. The van der Waals surface area contributed by atoms with Crippen LogP contribution >= 0.6 is 0 Å². The zero-order valence-electron chi connectivity index (χ0n) is 12.3. The summed E-state index contributed by atoms with van der Waals surface area (Å²) in [6.07, 6.45) is -0.725. The lowest BCUT2D eigenvalue weighted by atomic mass is 9.77. The molecule has 5 heteroatoms. The Balaban J connectivity index is 2.30. The molecule has 118 valence electrons. The summed E-state index contributed by atoms with van der Waals surface area (Å²) >= 11 is 0. The number of halogens is 4. The van der Waals surface area contributed by atoms with Crippen molar-refractivity contribution >= 4 is 0 Å². The lowest BCUT2D eigenvalue weighted by molar-refractivity contribution is -0.140. The van der Waals surface area contributed by atoms with Crippen LogP contribution in [0, 0.1) is 17.7 Å². The van der Waals surface area contributed by atoms with E-state index in [9.17, 15) is 17.6 Å². The van der Waals surface area contributed by atoms with E-state index in [1.54, 1.807) is 7.05 Å². The largest absolute Gasteiger partial charge is 0.419 e. The predicted octanol–water partition coefficient (Wildman–Crippen LogP) is 4.93. The zero-order chi connectivity index (χ0) is 15.6. The standard InChI is InChI=1S/C16H21F4N/c1-10-6-8-11(9-7-10)15(21-2)12-4-3-5-13(14(12)17)16(18,19)20/h3-5,10-11,15,21H,6-9H2,1-2H3. The van der Waals surface area contributed by atoms with Crippen molar-refractivity contribution < 1.29 is 17.6 Å². The lowest BCUT2D eigenvalue weighted by Gasteiger charge is -2.33. The van der Waals surface area contributed by atoms with Gasteiger partial charge in [0.15, 0.2) is 0 Å². The normalized spacial score (nSPS) is 24.9. The van der Waals surface area contributed by atoms with Gasteiger partial charge in [0.05, 0.1) is 5.56 Å². The summed E-state index contributed by atoms with van der Waals surface area (Å²) in [6.45, 7) is 2.18. The Hall–Kier alpha value is -1.10. The minimum absolute atomic E-state index is 0.131. The first-order valence-corrected chi connectivity index (χ1v) is 7.37. The van der Waals surface area contributed by atoms with Crippen LogP contribution in [0.4, 0.5) is 17.6 Å². The Kier molecular flexibility index (Phi) is 4.91. The van der Waals surface area contributed by atoms with Gasteiger partial charge in [0.1, 0.15) is 5.82 Å². The molecule has 1 nitrogen and oxygen atoms in total. The van der Waals surface area contributed by atoms with Crippen LogP contribution < -0.4 is 5.32 Å². The molecule has 1 aliphatic rings. The molecular formula is C16H21F4N. The molecule has 1 fully saturated rings. The van der Waals surface area contributed by atoms with Crippen LogP contribution in [0.25, 0.3) is 0 Å². The summed E-state index contributed by atoms with van der Waals surface area (Å²) in [4.78, 5) is 0. The van der Waals surface area contributed by atoms with E-state index in [-0.39, 0.29) is 17.5 Å². The fraction of sp³-hybridized carbons (Fsp3) is 0.625. The van der Waals surface area contributed by atoms with Crippen molar-refractivity contribution in [3.8, 4) is 0 Å². The number of rotatable bonds is 3. The molecule has 2 rings (SSSR count). The Morgan fingerprint density at radius 3 is 2.29 bits per heavy atom. The Bertz CT molecular complexity index is 476. The number of nitrogens with one attached hydrogen (secondary N) is 1. The van der Waals surface area contributed by atoms with Gasteiger partial charge in [-0.05, 0) is 37.8 Å². The zero-order valence-corrected chi connectivity index (χ0v) is 12.3. The maximum absolute atomic E-state index is 14.3. The molecule has 0 heterocycles. The van der Waals surface area contributed by atoms with Crippen LogP contribution in [0.5, 0.6) is 0 Å². The molecule has 1 saturated carbocycles. The summed E-state index contributed by atoms with van der Waals surface area (Å²) < 4.78 is 52.8.